The van der Waals surface area contributed by atoms with E-state index in [0.717, 1.165) is 21.7 Å². The highest BCUT2D eigenvalue weighted by molar-refractivity contribution is 7.92. The standard InChI is InChI=1S/C23H29Cl2N3O4S/c1-16-8-5-6-9-18(16)15-27(17(2)23(30)26-3)22(29)10-7-13-28(33(4,31)32)21-14-19(24)11-12-20(21)25/h5-6,8-9,11-12,14,17H,7,10,13,15H2,1-4H3,(H,26,30)/t17-/m0/s1. The summed E-state index contributed by atoms with van der Waals surface area (Å²) in [5.74, 6) is -0.527. The third kappa shape index (κ3) is 7.35. The number of amides is 2. The maximum atomic E-state index is 13.1. The molecule has 1 atom stereocenters. The minimum atomic E-state index is -3.66. The van der Waals surface area contributed by atoms with Crippen molar-refractivity contribution in [3.63, 3.8) is 0 Å². The summed E-state index contributed by atoms with van der Waals surface area (Å²) in [5, 5.41) is 3.17. The predicted molar refractivity (Wildman–Crippen MR) is 133 cm³/mol. The fraction of sp³-hybridized carbons (Fsp3) is 0.391. The number of rotatable bonds is 10. The van der Waals surface area contributed by atoms with E-state index < -0.39 is 16.1 Å². The Bertz CT molecular complexity index is 1110. The van der Waals surface area contributed by atoms with Crippen molar-refractivity contribution in [3.05, 3.63) is 63.6 Å². The van der Waals surface area contributed by atoms with Crippen LogP contribution in [0.3, 0.4) is 0 Å². The van der Waals surface area contributed by atoms with Crippen molar-refractivity contribution in [1.29, 1.82) is 0 Å². The molecule has 0 heterocycles. The van der Waals surface area contributed by atoms with Gasteiger partial charge in [-0.25, -0.2) is 8.42 Å². The van der Waals surface area contributed by atoms with Crippen LogP contribution in [0.25, 0.3) is 0 Å². The maximum absolute atomic E-state index is 13.1. The number of nitrogens with one attached hydrogen (secondary N) is 1. The van der Waals surface area contributed by atoms with E-state index >= 15 is 0 Å². The zero-order valence-corrected chi connectivity index (χ0v) is 21.5. The molecule has 1 N–H and O–H groups in total. The highest BCUT2D eigenvalue weighted by Gasteiger charge is 2.26. The molecule has 33 heavy (non-hydrogen) atoms. The van der Waals surface area contributed by atoms with Crippen LogP contribution in [0.2, 0.25) is 10.0 Å². The van der Waals surface area contributed by atoms with Gasteiger partial charge in [0, 0.05) is 31.6 Å². The topological polar surface area (TPSA) is 86.8 Å². The zero-order chi connectivity index (χ0) is 24.8. The van der Waals surface area contributed by atoms with Crippen LogP contribution < -0.4 is 9.62 Å². The molecular weight excluding hydrogens is 485 g/mol. The van der Waals surface area contributed by atoms with Crippen molar-refractivity contribution in [2.75, 3.05) is 24.2 Å². The SMILES string of the molecule is CNC(=O)[C@H](C)N(Cc1ccccc1C)C(=O)CCCN(c1cc(Cl)ccc1Cl)S(C)(=O)=O. The van der Waals surface area contributed by atoms with Crippen LogP contribution in [0.1, 0.15) is 30.9 Å². The molecule has 0 radical (unpaired) electrons. The molecule has 0 fully saturated rings. The first-order chi connectivity index (χ1) is 15.5. The molecule has 0 saturated heterocycles. The van der Waals surface area contributed by atoms with Crippen molar-refractivity contribution in [2.24, 2.45) is 0 Å². The van der Waals surface area contributed by atoms with Gasteiger partial charge in [-0.2, -0.15) is 0 Å². The maximum Gasteiger partial charge on any atom is 0.242 e. The molecule has 180 valence electrons. The summed E-state index contributed by atoms with van der Waals surface area (Å²) in [5.41, 5.74) is 2.21. The van der Waals surface area contributed by atoms with Gasteiger partial charge >= 0.3 is 0 Å². The van der Waals surface area contributed by atoms with E-state index in [0.29, 0.717) is 5.02 Å². The second-order valence-corrected chi connectivity index (χ2v) is 10.5. The second kappa shape index (κ2) is 11.7. The quantitative estimate of drug-likeness (QED) is 0.519. The van der Waals surface area contributed by atoms with Crippen LogP contribution >= 0.6 is 23.2 Å². The van der Waals surface area contributed by atoms with Crippen LogP contribution in [0.4, 0.5) is 5.69 Å². The Kier molecular flexibility index (Phi) is 9.57. The fourth-order valence-electron chi connectivity index (χ4n) is 3.42. The van der Waals surface area contributed by atoms with Gasteiger partial charge in [-0.15, -0.1) is 0 Å². The van der Waals surface area contributed by atoms with Crippen molar-refractivity contribution < 1.29 is 18.0 Å². The summed E-state index contributed by atoms with van der Waals surface area (Å²) < 4.78 is 25.9. The van der Waals surface area contributed by atoms with Gasteiger partial charge in [-0.1, -0.05) is 47.5 Å². The summed E-state index contributed by atoms with van der Waals surface area (Å²) in [6, 6.07) is 11.5. The first-order valence-electron chi connectivity index (χ1n) is 10.4. The van der Waals surface area contributed by atoms with Crippen molar-refractivity contribution in [1.82, 2.24) is 10.2 Å². The molecule has 2 amide bonds. The lowest BCUT2D eigenvalue weighted by atomic mass is 10.1. The van der Waals surface area contributed by atoms with E-state index in [-0.39, 0.29) is 48.5 Å². The molecule has 0 aliphatic heterocycles. The average Bonchev–Trinajstić information content (AvgIpc) is 2.76. The number of sulfonamides is 1. The van der Waals surface area contributed by atoms with Crippen LogP contribution in [0, 0.1) is 6.92 Å². The number of aryl methyl sites for hydroxylation is 1. The lowest BCUT2D eigenvalue weighted by Crippen LogP contribution is -2.47. The summed E-state index contributed by atoms with van der Waals surface area (Å²) in [7, 11) is -2.14. The number of likely N-dealkylation sites (N-methyl/N-ethyl adjacent to an activating group) is 1. The van der Waals surface area contributed by atoms with Crippen LogP contribution in [-0.4, -0.2) is 51.0 Å². The number of carbonyl (C=O) groups excluding carboxylic acids is 2. The number of carbonyl (C=O) groups is 2. The molecule has 0 spiro atoms. The largest absolute Gasteiger partial charge is 0.357 e. The van der Waals surface area contributed by atoms with Crippen LogP contribution in [0.15, 0.2) is 42.5 Å². The zero-order valence-electron chi connectivity index (χ0n) is 19.1. The monoisotopic (exact) mass is 513 g/mol. The van der Waals surface area contributed by atoms with E-state index in [1.807, 2.05) is 31.2 Å². The molecule has 0 unspecified atom stereocenters. The van der Waals surface area contributed by atoms with Gasteiger partial charge in [0.15, 0.2) is 0 Å². The summed E-state index contributed by atoms with van der Waals surface area (Å²) in [6.45, 7) is 3.93. The Morgan fingerprint density at radius 2 is 1.79 bits per heavy atom. The van der Waals surface area contributed by atoms with E-state index in [4.69, 9.17) is 23.2 Å². The fourth-order valence-corrected chi connectivity index (χ4v) is 4.83. The molecule has 0 bridgehead atoms. The smallest absolute Gasteiger partial charge is 0.242 e. The summed E-state index contributed by atoms with van der Waals surface area (Å²) in [6.07, 6.45) is 1.36. The molecular formula is C23H29Cl2N3O4S. The van der Waals surface area contributed by atoms with Crippen LogP contribution in [-0.2, 0) is 26.2 Å². The van der Waals surface area contributed by atoms with E-state index in [9.17, 15) is 18.0 Å². The second-order valence-electron chi connectivity index (χ2n) is 7.77. The van der Waals surface area contributed by atoms with E-state index in [1.54, 1.807) is 13.0 Å². The van der Waals surface area contributed by atoms with Crippen molar-refractivity contribution >= 4 is 50.7 Å². The number of benzene rings is 2. The number of nitrogens with zero attached hydrogens (tertiary/aromatic N) is 2. The Morgan fingerprint density at radius 1 is 1.12 bits per heavy atom. The predicted octanol–water partition coefficient (Wildman–Crippen LogP) is 4.01. The molecule has 2 rings (SSSR count). The molecule has 0 saturated carbocycles. The molecule has 0 aliphatic rings. The minimum absolute atomic E-state index is 0.0389. The van der Waals surface area contributed by atoms with Gasteiger partial charge in [0.05, 0.1) is 17.0 Å². The molecule has 2 aromatic carbocycles. The van der Waals surface area contributed by atoms with Crippen molar-refractivity contribution in [3.8, 4) is 0 Å². The van der Waals surface area contributed by atoms with E-state index in [2.05, 4.69) is 5.32 Å². The number of hydrogen-bond donors (Lipinski definition) is 1. The van der Waals surface area contributed by atoms with Gasteiger partial charge in [0.2, 0.25) is 21.8 Å². The Morgan fingerprint density at radius 3 is 2.39 bits per heavy atom. The molecule has 0 aromatic heterocycles. The van der Waals surface area contributed by atoms with Gasteiger partial charge in [0.25, 0.3) is 0 Å². The lowest BCUT2D eigenvalue weighted by molar-refractivity contribution is -0.140. The third-order valence-electron chi connectivity index (χ3n) is 5.34. The highest BCUT2D eigenvalue weighted by atomic mass is 35.5. The molecule has 2 aromatic rings. The third-order valence-corrected chi connectivity index (χ3v) is 7.08. The van der Waals surface area contributed by atoms with Crippen LogP contribution in [0.5, 0.6) is 0 Å². The summed E-state index contributed by atoms with van der Waals surface area (Å²) >= 11 is 12.2. The first kappa shape index (κ1) is 27.0. The lowest BCUT2D eigenvalue weighted by Gasteiger charge is -2.29. The first-order valence-corrected chi connectivity index (χ1v) is 13.0. The van der Waals surface area contributed by atoms with Gasteiger partial charge in [0.1, 0.15) is 6.04 Å². The highest BCUT2D eigenvalue weighted by Crippen LogP contribution is 2.31. The Hall–Kier alpha value is -2.29. The molecule has 0 aliphatic carbocycles. The van der Waals surface area contributed by atoms with Crippen molar-refractivity contribution in [2.45, 2.75) is 39.3 Å². The number of hydrogen-bond acceptors (Lipinski definition) is 4. The average molecular weight is 514 g/mol. The normalized spacial score (nSPS) is 12.2. The Balaban J connectivity index is 2.19. The number of halogens is 2. The Labute approximate surface area is 205 Å². The van der Waals surface area contributed by atoms with Gasteiger partial charge < -0.3 is 10.2 Å². The molecule has 10 heteroatoms. The minimum Gasteiger partial charge on any atom is -0.357 e. The molecule has 7 nitrogen and oxygen atoms in total. The summed E-state index contributed by atoms with van der Waals surface area (Å²) in [4.78, 5) is 26.9. The number of anilines is 1. The van der Waals surface area contributed by atoms with Gasteiger partial charge in [-0.3, -0.25) is 13.9 Å². The van der Waals surface area contributed by atoms with E-state index in [1.165, 1.54) is 24.1 Å². The van der Waals surface area contributed by atoms with Gasteiger partial charge in [-0.05, 0) is 49.6 Å².